The molecular weight excluding hydrogens is 597 g/mol. The number of hydrogen-bond donors (Lipinski definition) is 1. The third-order valence-electron chi connectivity index (χ3n) is 6.11. The molecule has 2 aliphatic rings. The van der Waals surface area contributed by atoms with Gasteiger partial charge >= 0.3 is 10.1 Å². The Bertz CT molecular complexity index is 1660. The van der Waals surface area contributed by atoms with Crippen molar-refractivity contribution in [1.82, 2.24) is 4.90 Å². The van der Waals surface area contributed by atoms with Gasteiger partial charge in [-0.1, -0.05) is 42.5 Å². The van der Waals surface area contributed by atoms with Gasteiger partial charge < -0.3 is 18.9 Å². The highest BCUT2D eigenvalue weighted by atomic mass is 32.2. The summed E-state index contributed by atoms with van der Waals surface area (Å²) in [6.45, 7) is 4.31. The van der Waals surface area contributed by atoms with Crippen molar-refractivity contribution in [3.05, 3.63) is 63.9 Å². The van der Waals surface area contributed by atoms with E-state index >= 15 is 0 Å². The molecule has 0 spiro atoms. The molecule has 0 amide bonds. The summed E-state index contributed by atoms with van der Waals surface area (Å²) >= 11 is 2.87. The summed E-state index contributed by atoms with van der Waals surface area (Å²) in [5.74, 6) is -0.190. The van der Waals surface area contributed by atoms with Gasteiger partial charge in [-0.3, -0.25) is 4.55 Å². The molecule has 0 bridgehead atoms. The first kappa shape index (κ1) is 30.2. The van der Waals surface area contributed by atoms with Crippen LogP contribution in [0.5, 0.6) is 5.75 Å². The second-order valence-corrected chi connectivity index (χ2v) is 14.1. The average Bonchev–Trinajstić information content (AvgIpc) is 3.38. The molecule has 14 heteroatoms. The number of aromatic nitrogens is 1. The number of thiazole rings is 1. The topological polar surface area (TPSA) is 137 Å². The zero-order valence-corrected chi connectivity index (χ0v) is 25.0. The Morgan fingerprint density at radius 2 is 2.08 bits per heavy atom. The largest absolute Gasteiger partial charge is 0.748 e. The molecule has 4 rings (SSSR count). The first-order valence-electron chi connectivity index (χ1n) is 12.3. The highest BCUT2D eigenvalue weighted by molar-refractivity contribution is 8.04. The van der Waals surface area contributed by atoms with E-state index in [0.29, 0.717) is 35.1 Å². The van der Waals surface area contributed by atoms with Crippen molar-refractivity contribution in [2.75, 3.05) is 18.9 Å². The number of terminal acetylenes is 1. The van der Waals surface area contributed by atoms with Crippen LogP contribution in [0.1, 0.15) is 25.3 Å². The molecule has 10 nitrogen and oxygen atoms in total. The Balaban J connectivity index is 1.77. The van der Waals surface area contributed by atoms with E-state index in [9.17, 15) is 25.9 Å². The van der Waals surface area contributed by atoms with E-state index in [4.69, 9.17) is 15.9 Å². The second-order valence-electron chi connectivity index (χ2n) is 8.87. The van der Waals surface area contributed by atoms with Gasteiger partial charge in [-0.05, 0) is 49.3 Å². The third kappa shape index (κ3) is 7.48. The predicted molar refractivity (Wildman–Crippen MR) is 155 cm³/mol. The highest BCUT2D eigenvalue weighted by Gasteiger charge is 2.37. The van der Waals surface area contributed by atoms with Gasteiger partial charge in [0.1, 0.15) is 22.3 Å². The van der Waals surface area contributed by atoms with E-state index in [1.54, 1.807) is 30.0 Å². The number of allylic oxidation sites excluding steroid dienone is 3. The van der Waals surface area contributed by atoms with E-state index in [0.717, 1.165) is 15.3 Å². The lowest BCUT2D eigenvalue weighted by Gasteiger charge is -2.28. The highest BCUT2D eigenvalue weighted by Crippen LogP contribution is 2.43. The fourth-order valence-corrected chi connectivity index (χ4v) is 7.97. The maximum atomic E-state index is 11.9. The molecule has 1 aromatic carbocycles. The molecule has 214 valence electrons. The maximum Gasteiger partial charge on any atom is 0.326 e. The van der Waals surface area contributed by atoms with Gasteiger partial charge in [-0.2, -0.15) is 13.0 Å². The molecule has 1 aliphatic heterocycles. The van der Waals surface area contributed by atoms with E-state index in [1.165, 1.54) is 15.9 Å². The van der Waals surface area contributed by atoms with Crippen molar-refractivity contribution in [1.29, 1.82) is 0 Å². The van der Waals surface area contributed by atoms with Crippen molar-refractivity contribution in [2.24, 2.45) is 0 Å². The lowest BCUT2D eigenvalue weighted by atomic mass is 10.1. The van der Waals surface area contributed by atoms with Crippen LogP contribution < -0.4 is 9.30 Å². The first-order chi connectivity index (χ1) is 18.9. The molecule has 0 radical (unpaired) electrons. The van der Waals surface area contributed by atoms with Gasteiger partial charge in [0.15, 0.2) is 0 Å². The number of hydrogen-bond acceptors (Lipinski definition) is 10. The van der Waals surface area contributed by atoms with Crippen molar-refractivity contribution >= 4 is 59.6 Å². The van der Waals surface area contributed by atoms with Crippen molar-refractivity contribution in [3.8, 4) is 18.3 Å². The van der Waals surface area contributed by atoms with Crippen LogP contribution in [0.15, 0.2) is 58.9 Å². The van der Waals surface area contributed by atoms with Crippen LogP contribution in [0.4, 0.5) is 0 Å². The van der Waals surface area contributed by atoms with Crippen molar-refractivity contribution in [3.63, 3.8) is 0 Å². The molecular formula is C26H28N2O8S4. The van der Waals surface area contributed by atoms with Crippen LogP contribution in [0.3, 0.4) is 0 Å². The van der Waals surface area contributed by atoms with Crippen molar-refractivity contribution in [2.45, 2.75) is 37.4 Å². The molecule has 0 saturated carbocycles. The summed E-state index contributed by atoms with van der Waals surface area (Å²) in [5.41, 5.74) is 1.34. The minimum Gasteiger partial charge on any atom is -0.748 e. The fourth-order valence-electron chi connectivity index (χ4n) is 4.38. The Morgan fingerprint density at radius 1 is 1.30 bits per heavy atom. The van der Waals surface area contributed by atoms with E-state index in [1.807, 2.05) is 49.1 Å². The molecule has 2 unspecified atom stereocenters. The monoisotopic (exact) mass is 624 g/mol. The summed E-state index contributed by atoms with van der Waals surface area (Å²) in [4.78, 5) is 1.89. The molecule has 2 atom stereocenters. The molecule has 1 aromatic heterocycles. The number of ether oxygens (including phenoxy) is 2. The predicted octanol–water partition coefficient (Wildman–Crippen LogP) is 3.46. The summed E-state index contributed by atoms with van der Waals surface area (Å²) in [6.07, 6.45) is 17.4. The van der Waals surface area contributed by atoms with E-state index in [2.05, 4.69) is 6.11 Å². The number of fused-ring (bicyclic) bond motifs is 2. The lowest BCUT2D eigenvalue weighted by Crippen LogP contribution is -2.39. The first-order valence-corrected chi connectivity index (χ1v) is 17.1. The number of benzene rings is 1. The lowest BCUT2D eigenvalue weighted by molar-refractivity contribution is -0.649. The van der Waals surface area contributed by atoms with E-state index in [-0.39, 0.29) is 17.8 Å². The minimum absolute atomic E-state index is 0.00807. The summed E-state index contributed by atoms with van der Waals surface area (Å²) in [5, 5.41) is 1.33. The molecule has 1 N–H and O–H groups in total. The number of nitrogens with zero attached hydrogens (tertiary/aromatic N) is 2. The quantitative estimate of drug-likeness (QED) is 0.225. The molecule has 2 aromatic rings. The van der Waals surface area contributed by atoms with Gasteiger partial charge in [-0.15, -0.1) is 0 Å². The normalized spacial score (nSPS) is 20.5. The smallest absolute Gasteiger partial charge is 0.326 e. The molecule has 1 fully saturated rings. The van der Waals surface area contributed by atoms with Crippen molar-refractivity contribution < 1.29 is 40.0 Å². The van der Waals surface area contributed by atoms with Crippen LogP contribution in [-0.4, -0.2) is 61.0 Å². The number of rotatable bonds is 11. The molecule has 40 heavy (non-hydrogen) atoms. The zero-order chi connectivity index (χ0) is 29.1. The van der Waals surface area contributed by atoms with Crippen LogP contribution in [0.25, 0.3) is 16.3 Å². The van der Waals surface area contributed by atoms with E-state index < -0.39 is 31.9 Å². The zero-order valence-electron chi connectivity index (χ0n) is 21.7. The fraction of sp³-hybridized carbons (Fsp3) is 0.346. The third-order valence-corrected chi connectivity index (χ3v) is 9.79. The van der Waals surface area contributed by atoms with Gasteiger partial charge in [0, 0.05) is 12.6 Å². The number of thioether (sulfide) groups is 1. The van der Waals surface area contributed by atoms with Crippen LogP contribution in [0, 0.1) is 12.5 Å². The molecule has 2 heterocycles. The maximum absolute atomic E-state index is 11.9. The average molecular weight is 625 g/mol. The molecule has 1 aliphatic carbocycles. The Kier molecular flexibility index (Phi) is 9.33. The Labute approximate surface area is 242 Å². The van der Waals surface area contributed by atoms with Crippen LogP contribution in [0.2, 0.25) is 0 Å². The van der Waals surface area contributed by atoms with Gasteiger partial charge in [0.2, 0.25) is 5.52 Å². The van der Waals surface area contributed by atoms with Crippen LogP contribution >= 0.6 is 23.1 Å². The van der Waals surface area contributed by atoms with Crippen LogP contribution in [-0.2, 0) is 30.8 Å². The minimum atomic E-state index is -4.44. The SMILES string of the molecule is C#COc1ccc2sc(C=C(C=C3SC4C=CC(OCC)=CC4N3CCS(=O)(=O)[O-])CC)[n+](CS(=O)(=O)O)c2c1. The summed E-state index contributed by atoms with van der Waals surface area (Å²) in [6, 6.07) is 4.83. The summed E-state index contributed by atoms with van der Waals surface area (Å²) in [7, 11) is -8.83. The Morgan fingerprint density at radius 3 is 2.73 bits per heavy atom. The van der Waals surface area contributed by atoms with Gasteiger partial charge in [0.25, 0.3) is 10.9 Å². The van der Waals surface area contributed by atoms with Gasteiger partial charge in [0.05, 0.1) is 44.9 Å². The standard InChI is InChI=1S/C26H28N2O8S4/c1-4-18(14-26-28(17-40(32,33)34)22-16-20(36-6-3)8-10-24(22)38-26)13-25-27(11-12-39(29,30)31)21-15-19(35-5-2)7-9-23(21)37-25/h3,7-10,13-16,21,23H,4-5,11-12,17H2,1-2H3,(H-,29,30,31,32,33,34). The second kappa shape index (κ2) is 12.4. The Hall–Kier alpha value is -2.80. The summed E-state index contributed by atoms with van der Waals surface area (Å²) < 4.78 is 80.9. The molecule has 1 saturated heterocycles. The van der Waals surface area contributed by atoms with Gasteiger partial charge in [-0.25, -0.2) is 8.42 Å².